The van der Waals surface area contributed by atoms with Gasteiger partial charge in [0.2, 0.25) is 11.4 Å². The molecule has 1 saturated heterocycles. The summed E-state index contributed by atoms with van der Waals surface area (Å²) in [7, 11) is 0. The average molecular weight is 467 g/mol. The summed E-state index contributed by atoms with van der Waals surface area (Å²) in [5.74, 6) is 0.657. The molecule has 3 aromatic rings. The number of hydrogen-bond donors (Lipinski definition) is 0. The van der Waals surface area contributed by atoms with Gasteiger partial charge in [0, 0.05) is 26.2 Å². The van der Waals surface area contributed by atoms with Gasteiger partial charge in [-0.3, -0.25) is 4.90 Å². The number of hydrogen-bond acceptors (Lipinski definition) is 8. The monoisotopic (exact) mass is 466 g/mol. The van der Waals surface area contributed by atoms with Crippen molar-refractivity contribution in [3.8, 4) is 5.88 Å². The number of anilines is 1. The van der Waals surface area contributed by atoms with E-state index in [4.69, 9.17) is 9.47 Å². The Morgan fingerprint density at radius 1 is 0.970 bits per heavy atom. The summed E-state index contributed by atoms with van der Waals surface area (Å²) in [6.07, 6.45) is 0. The molecule has 0 bridgehead atoms. The number of piperazine rings is 1. The van der Waals surface area contributed by atoms with Crippen molar-refractivity contribution < 1.29 is 14.3 Å². The van der Waals surface area contributed by atoms with Crippen LogP contribution >= 0.6 is 11.7 Å². The summed E-state index contributed by atoms with van der Waals surface area (Å²) < 4.78 is 19.9. The predicted octanol–water partition coefficient (Wildman–Crippen LogP) is 4.17. The second-order valence-corrected chi connectivity index (χ2v) is 9.00. The van der Waals surface area contributed by atoms with Gasteiger partial charge in [-0.25, -0.2) is 4.79 Å². The molecule has 1 aliphatic rings. The van der Waals surface area contributed by atoms with E-state index in [0.717, 1.165) is 37.9 Å². The Bertz CT molecular complexity index is 995. The van der Waals surface area contributed by atoms with Gasteiger partial charge in [-0.2, -0.15) is 4.37 Å². The summed E-state index contributed by atoms with van der Waals surface area (Å²) in [5, 5.41) is 0. The highest BCUT2D eigenvalue weighted by atomic mass is 32.1. The molecule has 174 valence electrons. The summed E-state index contributed by atoms with van der Waals surface area (Å²) >= 11 is 1.09. The molecule has 0 amide bonds. The molecular weight excluding hydrogens is 436 g/mol. The van der Waals surface area contributed by atoms with E-state index in [2.05, 4.69) is 79.2 Å². The lowest BCUT2D eigenvalue weighted by Gasteiger charge is -2.40. The van der Waals surface area contributed by atoms with Gasteiger partial charge in [0.15, 0.2) is 0 Å². The normalized spacial score (nSPS) is 15.0. The molecule has 0 saturated carbocycles. The standard InChI is InChI=1S/C25H30N4O3S/c1-4-31-24(30)25(2,3)32-23-22(26-33-27-23)29-17-15-28(16-18-29)21(19-11-7-5-8-12-19)20-13-9-6-10-14-20/h5-14,21H,4,15-18H2,1-3H3. The molecule has 0 N–H and O–H groups in total. The van der Waals surface area contributed by atoms with Gasteiger partial charge in [-0.15, -0.1) is 4.37 Å². The first-order valence-corrected chi connectivity index (χ1v) is 12.0. The molecule has 2 heterocycles. The maximum Gasteiger partial charge on any atom is 0.349 e. The number of ether oxygens (including phenoxy) is 2. The van der Waals surface area contributed by atoms with Crippen LogP contribution < -0.4 is 9.64 Å². The van der Waals surface area contributed by atoms with E-state index >= 15 is 0 Å². The van der Waals surface area contributed by atoms with Crippen LogP contribution in [0.25, 0.3) is 0 Å². The van der Waals surface area contributed by atoms with Crippen LogP contribution in [0.3, 0.4) is 0 Å². The van der Waals surface area contributed by atoms with Crippen LogP contribution in [0.5, 0.6) is 5.88 Å². The SMILES string of the molecule is CCOC(=O)C(C)(C)Oc1nsnc1N1CCN(C(c2ccccc2)c2ccccc2)CC1. The van der Waals surface area contributed by atoms with Crippen molar-refractivity contribution in [3.05, 3.63) is 71.8 Å². The van der Waals surface area contributed by atoms with Crippen LogP contribution in [0.15, 0.2) is 60.7 Å². The number of carbonyl (C=O) groups excluding carboxylic acids is 1. The van der Waals surface area contributed by atoms with E-state index in [0.29, 0.717) is 18.3 Å². The second-order valence-electron chi connectivity index (χ2n) is 8.47. The Balaban J connectivity index is 1.48. The molecule has 7 nitrogen and oxygen atoms in total. The van der Waals surface area contributed by atoms with Crippen molar-refractivity contribution >= 4 is 23.5 Å². The maximum absolute atomic E-state index is 12.3. The molecule has 1 aliphatic heterocycles. The highest BCUT2D eigenvalue weighted by molar-refractivity contribution is 6.99. The number of esters is 1. The van der Waals surface area contributed by atoms with Gasteiger partial charge in [0.1, 0.15) is 0 Å². The van der Waals surface area contributed by atoms with Gasteiger partial charge in [-0.05, 0) is 31.9 Å². The maximum atomic E-state index is 12.3. The minimum Gasteiger partial charge on any atom is -0.463 e. The van der Waals surface area contributed by atoms with Crippen molar-refractivity contribution in [3.63, 3.8) is 0 Å². The molecule has 8 heteroatoms. The van der Waals surface area contributed by atoms with Crippen molar-refractivity contribution in [2.24, 2.45) is 0 Å². The Labute approximate surface area is 199 Å². The van der Waals surface area contributed by atoms with Crippen LogP contribution in [-0.4, -0.2) is 58.0 Å². The first kappa shape index (κ1) is 23.2. The molecule has 0 aliphatic carbocycles. The van der Waals surface area contributed by atoms with Gasteiger partial charge < -0.3 is 14.4 Å². The minimum atomic E-state index is -1.13. The van der Waals surface area contributed by atoms with Gasteiger partial charge in [0.05, 0.1) is 24.4 Å². The predicted molar refractivity (Wildman–Crippen MR) is 130 cm³/mol. The van der Waals surface area contributed by atoms with E-state index in [1.54, 1.807) is 20.8 Å². The summed E-state index contributed by atoms with van der Waals surface area (Å²) in [5.41, 5.74) is 1.44. The minimum absolute atomic E-state index is 0.196. The zero-order valence-electron chi connectivity index (χ0n) is 19.3. The van der Waals surface area contributed by atoms with Gasteiger partial charge in [-0.1, -0.05) is 60.7 Å². The molecule has 0 atom stereocenters. The van der Waals surface area contributed by atoms with E-state index in [9.17, 15) is 4.79 Å². The third-order valence-electron chi connectivity index (χ3n) is 5.77. The average Bonchev–Trinajstić information content (AvgIpc) is 3.29. The van der Waals surface area contributed by atoms with Crippen LogP contribution in [0.2, 0.25) is 0 Å². The number of nitrogens with zero attached hydrogens (tertiary/aromatic N) is 4. The first-order valence-electron chi connectivity index (χ1n) is 11.3. The van der Waals surface area contributed by atoms with Crippen LogP contribution in [0, 0.1) is 0 Å². The summed E-state index contributed by atoms with van der Waals surface area (Å²) in [6, 6.07) is 21.5. The van der Waals surface area contributed by atoms with Crippen molar-refractivity contribution in [1.82, 2.24) is 13.6 Å². The number of rotatable bonds is 8. The topological polar surface area (TPSA) is 67.8 Å². The quantitative estimate of drug-likeness (QED) is 0.462. The molecule has 0 unspecified atom stereocenters. The lowest BCUT2D eigenvalue weighted by atomic mass is 9.96. The lowest BCUT2D eigenvalue weighted by molar-refractivity contribution is -0.158. The van der Waals surface area contributed by atoms with E-state index in [1.807, 2.05) is 0 Å². The Kier molecular flexibility index (Phi) is 7.25. The van der Waals surface area contributed by atoms with Crippen LogP contribution in [0.4, 0.5) is 5.82 Å². The lowest BCUT2D eigenvalue weighted by Crippen LogP contribution is -2.48. The molecule has 0 radical (unpaired) electrons. The molecule has 1 aromatic heterocycles. The third-order valence-corrected chi connectivity index (χ3v) is 6.27. The largest absolute Gasteiger partial charge is 0.463 e. The number of carbonyl (C=O) groups is 1. The Morgan fingerprint density at radius 3 is 2.09 bits per heavy atom. The Morgan fingerprint density at radius 2 is 1.55 bits per heavy atom. The summed E-state index contributed by atoms with van der Waals surface area (Å²) in [4.78, 5) is 16.9. The zero-order chi connectivity index (χ0) is 23.3. The fourth-order valence-corrected chi connectivity index (χ4v) is 4.60. The highest BCUT2D eigenvalue weighted by Crippen LogP contribution is 2.33. The van der Waals surface area contributed by atoms with Crippen LogP contribution in [-0.2, 0) is 9.53 Å². The zero-order valence-corrected chi connectivity index (χ0v) is 20.1. The van der Waals surface area contributed by atoms with E-state index in [-0.39, 0.29) is 6.04 Å². The number of aromatic nitrogens is 2. The fourth-order valence-electron chi connectivity index (χ4n) is 4.10. The Hall–Kier alpha value is -2.97. The van der Waals surface area contributed by atoms with Crippen molar-refractivity contribution in [2.75, 3.05) is 37.7 Å². The first-order chi connectivity index (χ1) is 16.0. The second kappa shape index (κ2) is 10.3. The molecule has 2 aromatic carbocycles. The van der Waals surface area contributed by atoms with Crippen molar-refractivity contribution in [1.29, 1.82) is 0 Å². The van der Waals surface area contributed by atoms with Crippen LogP contribution in [0.1, 0.15) is 37.9 Å². The molecule has 33 heavy (non-hydrogen) atoms. The number of benzene rings is 2. The third kappa shape index (κ3) is 5.34. The highest BCUT2D eigenvalue weighted by Gasteiger charge is 2.35. The fraction of sp³-hybridized carbons (Fsp3) is 0.400. The van der Waals surface area contributed by atoms with Crippen molar-refractivity contribution in [2.45, 2.75) is 32.4 Å². The van der Waals surface area contributed by atoms with Gasteiger partial charge in [0.25, 0.3) is 5.88 Å². The van der Waals surface area contributed by atoms with E-state index < -0.39 is 11.6 Å². The van der Waals surface area contributed by atoms with E-state index in [1.165, 1.54) is 11.1 Å². The molecule has 1 fully saturated rings. The molecule has 0 spiro atoms. The summed E-state index contributed by atoms with van der Waals surface area (Å²) in [6.45, 7) is 8.78. The molecule has 4 rings (SSSR count). The molecular formula is C25H30N4O3S. The smallest absolute Gasteiger partial charge is 0.349 e. The van der Waals surface area contributed by atoms with Gasteiger partial charge >= 0.3 is 5.97 Å².